The SMILES string of the molecule is CC(=O)c1cccc(NC(=O)c2cc(NCc3ccco3)ccn2)c1. The molecule has 126 valence electrons. The summed E-state index contributed by atoms with van der Waals surface area (Å²) < 4.78 is 5.26. The third kappa shape index (κ3) is 4.32. The van der Waals surface area contributed by atoms with Crippen molar-refractivity contribution in [3.8, 4) is 0 Å². The first-order valence-electron chi connectivity index (χ1n) is 7.76. The van der Waals surface area contributed by atoms with Crippen molar-refractivity contribution in [3.05, 3.63) is 78.0 Å². The highest BCUT2D eigenvalue weighted by atomic mass is 16.3. The Labute approximate surface area is 144 Å². The van der Waals surface area contributed by atoms with Crippen LogP contribution in [0, 0.1) is 0 Å². The molecule has 0 fully saturated rings. The number of nitrogens with zero attached hydrogens (tertiary/aromatic N) is 1. The molecule has 2 aromatic heterocycles. The third-order valence-electron chi connectivity index (χ3n) is 3.57. The Bertz CT molecular complexity index is 888. The molecule has 0 atom stereocenters. The molecule has 0 radical (unpaired) electrons. The van der Waals surface area contributed by atoms with Crippen LogP contribution in [0.4, 0.5) is 11.4 Å². The number of aromatic nitrogens is 1. The van der Waals surface area contributed by atoms with Crippen LogP contribution in [0.15, 0.2) is 65.4 Å². The molecule has 3 rings (SSSR count). The van der Waals surface area contributed by atoms with Gasteiger partial charge in [0.2, 0.25) is 0 Å². The minimum absolute atomic E-state index is 0.0571. The number of hydrogen-bond acceptors (Lipinski definition) is 5. The molecule has 25 heavy (non-hydrogen) atoms. The van der Waals surface area contributed by atoms with Gasteiger partial charge in [-0.15, -0.1) is 0 Å². The van der Waals surface area contributed by atoms with Crippen molar-refractivity contribution in [2.75, 3.05) is 10.6 Å². The van der Waals surface area contributed by atoms with Gasteiger partial charge in [-0.05, 0) is 43.3 Å². The smallest absolute Gasteiger partial charge is 0.274 e. The van der Waals surface area contributed by atoms with Crippen LogP contribution in [0.25, 0.3) is 0 Å². The fourth-order valence-electron chi connectivity index (χ4n) is 2.28. The lowest BCUT2D eigenvalue weighted by Gasteiger charge is -2.08. The van der Waals surface area contributed by atoms with Crippen molar-refractivity contribution in [1.82, 2.24) is 4.98 Å². The van der Waals surface area contributed by atoms with E-state index >= 15 is 0 Å². The first-order chi connectivity index (χ1) is 12.1. The second-order valence-corrected chi connectivity index (χ2v) is 5.45. The highest BCUT2D eigenvalue weighted by Crippen LogP contribution is 2.14. The molecule has 6 heteroatoms. The molecule has 0 spiro atoms. The monoisotopic (exact) mass is 335 g/mol. The topological polar surface area (TPSA) is 84.2 Å². The molecule has 2 N–H and O–H groups in total. The molecule has 0 unspecified atom stereocenters. The first kappa shape index (κ1) is 16.4. The van der Waals surface area contributed by atoms with Crippen LogP contribution in [-0.4, -0.2) is 16.7 Å². The summed E-state index contributed by atoms with van der Waals surface area (Å²) in [7, 11) is 0. The number of furan rings is 1. The minimum Gasteiger partial charge on any atom is -0.467 e. The highest BCUT2D eigenvalue weighted by molar-refractivity contribution is 6.04. The lowest BCUT2D eigenvalue weighted by Crippen LogP contribution is -2.14. The zero-order chi connectivity index (χ0) is 17.6. The van der Waals surface area contributed by atoms with Gasteiger partial charge in [0, 0.05) is 23.1 Å². The molecule has 3 aromatic rings. The van der Waals surface area contributed by atoms with Crippen LogP contribution in [0.2, 0.25) is 0 Å². The number of amides is 1. The fourth-order valence-corrected chi connectivity index (χ4v) is 2.28. The Morgan fingerprint density at radius 2 is 1.96 bits per heavy atom. The van der Waals surface area contributed by atoms with E-state index in [0.29, 0.717) is 17.8 Å². The van der Waals surface area contributed by atoms with Crippen molar-refractivity contribution in [2.24, 2.45) is 0 Å². The normalized spacial score (nSPS) is 10.3. The standard InChI is InChI=1S/C19H17N3O3/c1-13(23)14-4-2-5-16(10-14)22-19(24)18-11-15(7-8-20-18)21-12-17-6-3-9-25-17/h2-11H,12H2,1H3,(H,20,21)(H,22,24). The van der Waals surface area contributed by atoms with E-state index in [0.717, 1.165) is 11.4 Å². The van der Waals surface area contributed by atoms with Crippen LogP contribution in [0.3, 0.4) is 0 Å². The number of benzene rings is 1. The molecule has 2 heterocycles. The molecular formula is C19H17N3O3. The molecule has 1 amide bonds. The van der Waals surface area contributed by atoms with E-state index < -0.39 is 0 Å². The second kappa shape index (κ2) is 7.44. The number of carbonyl (C=O) groups is 2. The van der Waals surface area contributed by atoms with Gasteiger partial charge in [0.25, 0.3) is 5.91 Å². The van der Waals surface area contributed by atoms with Crippen LogP contribution in [0.5, 0.6) is 0 Å². The van der Waals surface area contributed by atoms with Crippen LogP contribution in [0.1, 0.15) is 33.5 Å². The van der Waals surface area contributed by atoms with Crippen LogP contribution >= 0.6 is 0 Å². The quantitative estimate of drug-likeness (QED) is 0.670. The van der Waals surface area contributed by atoms with E-state index in [2.05, 4.69) is 15.6 Å². The van der Waals surface area contributed by atoms with Crippen molar-refractivity contribution >= 4 is 23.1 Å². The molecule has 1 aromatic carbocycles. The molecule has 0 saturated carbocycles. The van der Waals surface area contributed by atoms with Gasteiger partial charge in [-0.1, -0.05) is 12.1 Å². The molecule has 0 aliphatic heterocycles. The van der Waals surface area contributed by atoms with Gasteiger partial charge < -0.3 is 15.1 Å². The summed E-state index contributed by atoms with van der Waals surface area (Å²) in [6.07, 6.45) is 3.17. The van der Waals surface area contributed by atoms with Gasteiger partial charge in [-0.2, -0.15) is 0 Å². The minimum atomic E-state index is -0.345. The predicted octanol–water partition coefficient (Wildman–Crippen LogP) is 3.74. The maximum Gasteiger partial charge on any atom is 0.274 e. The van der Waals surface area contributed by atoms with Crippen molar-refractivity contribution in [1.29, 1.82) is 0 Å². The molecule has 0 aliphatic carbocycles. The van der Waals surface area contributed by atoms with E-state index in [1.165, 1.54) is 6.92 Å². The van der Waals surface area contributed by atoms with Crippen molar-refractivity contribution in [3.63, 3.8) is 0 Å². The Kier molecular flexibility index (Phi) is 4.89. The molecule has 0 saturated heterocycles. The van der Waals surface area contributed by atoms with Gasteiger partial charge in [0.1, 0.15) is 11.5 Å². The zero-order valence-electron chi connectivity index (χ0n) is 13.7. The number of pyridine rings is 1. The molecule has 0 bridgehead atoms. The van der Waals surface area contributed by atoms with E-state index in [9.17, 15) is 9.59 Å². The maximum atomic E-state index is 12.4. The van der Waals surface area contributed by atoms with E-state index in [4.69, 9.17) is 4.42 Å². The number of rotatable bonds is 6. The summed E-state index contributed by atoms with van der Waals surface area (Å²) in [5, 5.41) is 5.92. The summed E-state index contributed by atoms with van der Waals surface area (Å²) >= 11 is 0. The fraction of sp³-hybridized carbons (Fsp3) is 0.105. The lowest BCUT2D eigenvalue weighted by atomic mass is 10.1. The lowest BCUT2D eigenvalue weighted by molar-refractivity contribution is 0.100. The van der Waals surface area contributed by atoms with E-state index in [1.54, 1.807) is 48.9 Å². The number of Topliss-reactive ketones (excluding diaryl/α,β-unsaturated/α-hetero) is 1. The van der Waals surface area contributed by atoms with Gasteiger partial charge in [0.05, 0.1) is 12.8 Å². The average molecular weight is 335 g/mol. The van der Waals surface area contributed by atoms with Crippen LogP contribution in [-0.2, 0) is 6.54 Å². The van der Waals surface area contributed by atoms with Crippen LogP contribution < -0.4 is 10.6 Å². The summed E-state index contributed by atoms with van der Waals surface area (Å²) in [5.41, 5.74) is 2.12. The van der Waals surface area contributed by atoms with Crippen molar-refractivity contribution in [2.45, 2.75) is 13.5 Å². The zero-order valence-corrected chi connectivity index (χ0v) is 13.7. The predicted molar refractivity (Wildman–Crippen MR) is 94.7 cm³/mol. The van der Waals surface area contributed by atoms with Gasteiger partial charge >= 0.3 is 0 Å². The largest absolute Gasteiger partial charge is 0.467 e. The Hall–Kier alpha value is -3.41. The molecule has 0 aliphatic rings. The summed E-state index contributed by atoms with van der Waals surface area (Å²) in [6.45, 7) is 2.00. The number of carbonyl (C=O) groups excluding carboxylic acids is 2. The molecule has 6 nitrogen and oxygen atoms in total. The van der Waals surface area contributed by atoms with Gasteiger partial charge in [-0.3, -0.25) is 14.6 Å². The van der Waals surface area contributed by atoms with E-state index in [1.807, 2.05) is 12.1 Å². The van der Waals surface area contributed by atoms with Crippen molar-refractivity contribution < 1.29 is 14.0 Å². The average Bonchev–Trinajstić information content (AvgIpc) is 3.14. The first-order valence-corrected chi connectivity index (χ1v) is 7.76. The number of nitrogens with one attached hydrogen (secondary N) is 2. The Morgan fingerprint density at radius 3 is 2.72 bits per heavy atom. The summed E-state index contributed by atoms with van der Waals surface area (Å²) in [5.74, 6) is 0.393. The van der Waals surface area contributed by atoms with Gasteiger partial charge in [0.15, 0.2) is 5.78 Å². The summed E-state index contributed by atoms with van der Waals surface area (Å²) in [4.78, 5) is 27.9. The second-order valence-electron chi connectivity index (χ2n) is 5.45. The van der Waals surface area contributed by atoms with E-state index in [-0.39, 0.29) is 17.4 Å². The number of ketones is 1. The third-order valence-corrected chi connectivity index (χ3v) is 3.57. The van der Waals surface area contributed by atoms with Gasteiger partial charge in [-0.25, -0.2) is 0 Å². The maximum absolute atomic E-state index is 12.4. The highest BCUT2D eigenvalue weighted by Gasteiger charge is 2.10. The Balaban J connectivity index is 1.68. The number of hydrogen-bond donors (Lipinski definition) is 2. The molecular weight excluding hydrogens is 318 g/mol. The summed E-state index contributed by atoms with van der Waals surface area (Å²) in [6, 6.07) is 13.9. The Morgan fingerprint density at radius 1 is 1.08 bits per heavy atom. The number of anilines is 2.